The molecule has 1 aromatic carbocycles. The van der Waals surface area contributed by atoms with Crippen LogP contribution in [0, 0.1) is 13.8 Å². The maximum absolute atomic E-state index is 12.7. The molecular weight excluding hydrogens is 412 g/mol. The van der Waals surface area contributed by atoms with Crippen molar-refractivity contribution in [1.82, 2.24) is 24.5 Å². The van der Waals surface area contributed by atoms with Gasteiger partial charge in [-0.25, -0.2) is 9.50 Å². The van der Waals surface area contributed by atoms with Crippen LogP contribution in [0.15, 0.2) is 29.4 Å². The van der Waals surface area contributed by atoms with Crippen molar-refractivity contribution < 1.29 is 9.59 Å². The minimum atomic E-state index is -0.322. The summed E-state index contributed by atoms with van der Waals surface area (Å²) in [5.41, 5.74) is 2.82. The largest absolute Gasteiger partial charge is 0.336 e. The smallest absolute Gasteiger partial charge is 0.253 e. The average Bonchev–Trinajstić information content (AvgIpc) is 3.10. The Balaban J connectivity index is 1.71. The summed E-state index contributed by atoms with van der Waals surface area (Å²) in [6.45, 7) is 3.64. The van der Waals surface area contributed by atoms with Crippen molar-refractivity contribution in [2.45, 2.75) is 25.4 Å². The number of fused-ring (bicyclic) bond motifs is 1. The van der Waals surface area contributed by atoms with Gasteiger partial charge in [0.1, 0.15) is 0 Å². The van der Waals surface area contributed by atoms with Crippen LogP contribution in [0.5, 0.6) is 0 Å². The third-order valence-corrected chi connectivity index (χ3v) is 5.36. The number of thioether (sulfide) groups is 1. The summed E-state index contributed by atoms with van der Waals surface area (Å²) in [5, 5.41) is 8.17. The number of hydrogen-bond donors (Lipinski definition) is 1. The zero-order valence-electron chi connectivity index (χ0n) is 16.6. The number of rotatable bonds is 6. The Labute approximate surface area is 177 Å². The number of para-hydroxylation sites is 1. The topological polar surface area (TPSA) is 92.5 Å². The number of benzene rings is 1. The van der Waals surface area contributed by atoms with Crippen LogP contribution in [-0.2, 0) is 16.0 Å². The second-order valence-electron chi connectivity index (χ2n) is 6.53. The highest BCUT2D eigenvalue weighted by Gasteiger charge is 2.19. The second-order valence-corrected chi connectivity index (χ2v) is 7.71. The van der Waals surface area contributed by atoms with E-state index in [0.29, 0.717) is 21.6 Å². The van der Waals surface area contributed by atoms with Crippen molar-refractivity contribution in [3.63, 3.8) is 0 Å². The van der Waals surface area contributed by atoms with Gasteiger partial charge in [-0.15, -0.1) is 5.10 Å². The van der Waals surface area contributed by atoms with Crippen LogP contribution in [0.1, 0.15) is 17.0 Å². The molecule has 1 N–H and O–H groups in total. The van der Waals surface area contributed by atoms with Crippen LogP contribution in [0.3, 0.4) is 0 Å². The quantitative estimate of drug-likeness (QED) is 0.602. The molecule has 0 saturated heterocycles. The maximum atomic E-state index is 12.7. The lowest BCUT2D eigenvalue weighted by molar-refractivity contribution is -0.132. The molecule has 8 nitrogen and oxygen atoms in total. The van der Waals surface area contributed by atoms with E-state index < -0.39 is 0 Å². The normalized spacial score (nSPS) is 10.9. The molecule has 0 unspecified atom stereocenters. The van der Waals surface area contributed by atoms with E-state index in [1.807, 2.05) is 20.1 Å². The van der Waals surface area contributed by atoms with Gasteiger partial charge in [-0.05, 0) is 32.2 Å². The van der Waals surface area contributed by atoms with E-state index in [-0.39, 0.29) is 24.8 Å². The number of likely N-dealkylation sites (N-methyl/N-ethyl adjacent to an activating group) is 1. The molecule has 10 heteroatoms. The summed E-state index contributed by atoms with van der Waals surface area (Å²) in [4.78, 5) is 35.2. The molecule has 0 bridgehead atoms. The Morgan fingerprint density at radius 1 is 1.24 bits per heavy atom. The van der Waals surface area contributed by atoms with E-state index in [9.17, 15) is 9.59 Å². The molecule has 0 aliphatic heterocycles. The van der Waals surface area contributed by atoms with Crippen molar-refractivity contribution in [3.8, 4) is 0 Å². The van der Waals surface area contributed by atoms with E-state index in [1.165, 1.54) is 16.7 Å². The number of aryl methyl sites for hydroxylation is 2. The molecular formula is C19H21ClN6O2S. The van der Waals surface area contributed by atoms with Gasteiger partial charge in [0.05, 0.1) is 23.7 Å². The van der Waals surface area contributed by atoms with Crippen molar-refractivity contribution in [1.29, 1.82) is 0 Å². The van der Waals surface area contributed by atoms with Crippen molar-refractivity contribution in [2.75, 3.05) is 25.2 Å². The van der Waals surface area contributed by atoms with Gasteiger partial charge in [0, 0.05) is 24.0 Å². The van der Waals surface area contributed by atoms with E-state index in [0.717, 1.165) is 17.0 Å². The van der Waals surface area contributed by atoms with Crippen molar-refractivity contribution in [2.24, 2.45) is 0 Å². The number of anilines is 1. The summed E-state index contributed by atoms with van der Waals surface area (Å²) in [6, 6.07) is 6.95. The molecule has 0 spiro atoms. The van der Waals surface area contributed by atoms with Crippen LogP contribution in [-0.4, -0.2) is 56.1 Å². The van der Waals surface area contributed by atoms with Crippen LogP contribution >= 0.6 is 23.4 Å². The van der Waals surface area contributed by atoms with Crippen LogP contribution < -0.4 is 5.32 Å². The first kappa shape index (κ1) is 21.1. The summed E-state index contributed by atoms with van der Waals surface area (Å²) in [7, 11) is 1.59. The van der Waals surface area contributed by atoms with Gasteiger partial charge < -0.3 is 10.2 Å². The standard InChI is InChI=1S/C19H21ClN6O2S/c1-11-13(12(2)26-18(21-11)23-19(24-26)29-4)9-17(28)25(3)10-16(27)22-15-8-6-5-7-14(15)20/h5-8H,9-10H2,1-4H3,(H,22,27). The van der Waals surface area contributed by atoms with Crippen LogP contribution in [0.2, 0.25) is 5.02 Å². The molecule has 152 valence electrons. The van der Waals surface area contributed by atoms with Crippen molar-refractivity contribution >= 4 is 46.6 Å². The number of amides is 2. The molecule has 2 heterocycles. The molecule has 0 aliphatic rings. The van der Waals surface area contributed by atoms with Crippen LogP contribution in [0.25, 0.3) is 5.78 Å². The number of nitrogens with one attached hydrogen (secondary N) is 1. The lowest BCUT2D eigenvalue weighted by Crippen LogP contribution is -2.36. The second kappa shape index (κ2) is 8.79. The highest BCUT2D eigenvalue weighted by Crippen LogP contribution is 2.20. The molecule has 3 aromatic rings. The first-order chi connectivity index (χ1) is 13.8. The average molecular weight is 433 g/mol. The highest BCUT2D eigenvalue weighted by molar-refractivity contribution is 7.98. The molecule has 3 rings (SSSR count). The SMILES string of the molecule is CSc1nc2nc(C)c(CC(=O)N(C)CC(=O)Nc3ccccc3Cl)c(C)n2n1. The Morgan fingerprint density at radius 3 is 2.66 bits per heavy atom. The molecule has 0 saturated carbocycles. The maximum Gasteiger partial charge on any atom is 0.253 e. The van der Waals surface area contributed by atoms with E-state index in [2.05, 4.69) is 20.4 Å². The molecule has 2 amide bonds. The first-order valence-corrected chi connectivity index (χ1v) is 10.5. The van der Waals surface area contributed by atoms with Gasteiger partial charge in [0.2, 0.25) is 17.0 Å². The van der Waals surface area contributed by atoms with Gasteiger partial charge in [-0.1, -0.05) is 35.5 Å². The highest BCUT2D eigenvalue weighted by atomic mass is 35.5. The number of carbonyl (C=O) groups is 2. The van der Waals surface area contributed by atoms with Gasteiger partial charge in [-0.3, -0.25) is 9.59 Å². The summed E-state index contributed by atoms with van der Waals surface area (Å²) >= 11 is 7.48. The number of hydrogen-bond acceptors (Lipinski definition) is 6. The molecule has 0 atom stereocenters. The predicted molar refractivity (Wildman–Crippen MR) is 113 cm³/mol. The predicted octanol–water partition coefficient (Wildman–Crippen LogP) is 2.76. The monoisotopic (exact) mass is 432 g/mol. The fourth-order valence-corrected chi connectivity index (χ4v) is 3.39. The van der Waals surface area contributed by atoms with E-state index in [4.69, 9.17) is 11.6 Å². The Morgan fingerprint density at radius 2 is 1.97 bits per heavy atom. The molecule has 0 radical (unpaired) electrons. The minimum absolute atomic E-state index is 0.0855. The number of halogens is 1. The fraction of sp³-hybridized carbons (Fsp3) is 0.316. The molecule has 29 heavy (non-hydrogen) atoms. The van der Waals surface area contributed by atoms with Gasteiger partial charge in [-0.2, -0.15) is 4.98 Å². The minimum Gasteiger partial charge on any atom is -0.336 e. The zero-order chi connectivity index (χ0) is 21.1. The van der Waals surface area contributed by atoms with E-state index >= 15 is 0 Å². The summed E-state index contributed by atoms with van der Waals surface area (Å²) in [6.07, 6.45) is 2.01. The molecule has 0 fully saturated rings. The summed E-state index contributed by atoms with van der Waals surface area (Å²) in [5.74, 6) is -0.0123. The van der Waals surface area contributed by atoms with Crippen molar-refractivity contribution in [3.05, 3.63) is 46.2 Å². The van der Waals surface area contributed by atoms with Gasteiger partial charge in [0.25, 0.3) is 5.78 Å². The molecule has 2 aromatic heterocycles. The number of carbonyl (C=O) groups excluding carboxylic acids is 2. The Hall–Kier alpha value is -2.65. The van der Waals surface area contributed by atoms with Gasteiger partial charge in [0.15, 0.2) is 0 Å². The number of nitrogens with zero attached hydrogens (tertiary/aromatic N) is 5. The Kier molecular flexibility index (Phi) is 6.39. The lowest BCUT2D eigenvalue weighted by atomic mass is 10.1. The van der Waals surface area contributed by atoms with Crippen LogP contribution in [0.4, 0.5) is 5.69 Å². The third-order valence-electron chi connectivity index (χ3n) is 4.49. The lowest BCUT2D eigenvalue weighted by Gasteiger charge is -2.18. The van der Waals surface area contributed by atoms with Gasteiger partial charge >= 0.3 is 0 Å². The first-order valence-electron chi connectivity index (χ1n) is 8.85. The Bertz CT molecular complexity index is 1080. The fourth-order valence-electron chi connectivity index (χ4n) is 2.87. The third kappa shape index (κ3) is 4.68. The number of aromatic nitrogens is 4. The summed E-state index contributed by atoms with van der Waals surface area (Å²) < 4.78 is 1.64. The molecule has 0 aliphatic carbocycles. The van der Waals surface area contributed by atoms with E-state index in [1.54, 1.807) is 35.8 Å². The zero-order valence-corrected chi connectivity index (χ0v) is 18.1.